The number of H-pyrrole nitrogens is 2. The number of alkyl carbamates (subject to hydrolysis) is 1. The van der Waals surface area contributed by atoms with E-state index in [0.717, 1.165) is 90.2 Å². The maximum atomic E-state index is 14.0. The maximum absolute atomic E-state index is 14.0. The lowest BCUT2D eigenvalue weighted by molar-refractivity contribution is -0.142. The minimum atomic E-state index is -0.687. The van der Waals surface area contributed by atoms with Crippen molar-refractivity contribution >= 4 is 29.9 Å². The summed E-state index contributed by atoms with van der Waals surface area (Å²) in [7, 11) is 1.31. The molecule has 4 amide bonds. The van der Waals surface area contributed by atoms with Gasteiger partial charge in [-0.15, -0.1) is 0 Å². The van der Waals surface area contributed by atoms with Crippen LogP contribution in [0.3, 0.4) is 0 Å². The molecule has 4 aromatic rings. The van der Waals surface area contributed by atoms with Gasteiger partial charge in [0.15, 0.2) is 0 Å². The Bertz CT molecular complexity index is 2380. The second-order valence-electron chi connectivity index (χ2n) is 18.5. The van der Waals surface area contributed by atoms with Gasteiger partial charge in [-0.2, -0.15) is 0 Å². The smallest absolute Gasteiger partial charge is 0.407 e. The molecule has 0 spiro atoms. The van der Waals surface area contributed by atoms with Gasteiger partial charge in [-0.25, -0.2) is 14.8 Å². The summed E-state index contributed by atoms with van der Waals surface area (Å²) in [6, 6.07) is 11.6. The number of fused-ring (bicyclic) bond motifs is 5. The molecule has 2 saturated carbocycles. The zero-order valence-corrected chi connectivity index (χ0v) is 35.4. The van der Waals surface area contributed by atoms with Crippen LogP contribution >= 0.6 is 0 Å². The molecule has 1 unspecified atom stereocenters. The van der Waals surface area contributed by atoms with Crippen molar-refractivity contribution in [2.24, 2.45) is 23.7 Å². The van der Waals surface area contributed by atoms with Crippen molar-refractivity contribution in [2.75, 3.05) is 20.2 Å². The molecule has 2 aliphatic heterocycles. The Kier molecular flexibility index (Phi) is 9.98. The number of ether oxygens (including phenoxy) is 1. The fraction of sp³-hybridized carbons (Fsp3) is 0.489. The van der Waals surface area contributed by atoms with Gasteiger partial charge >= 0.3 is 6.09 Å². The molecule has 13 heteroatoms. The third kappa shape index (κ3) is 6.51. The molecule has 3 aliphatic carbocycles. The Balaban J connectivity index is 0.950. The second-order valence-corrected chi connectivity index (χ2v) is 18.5. The number of hydrogen-bond donors (Lipinski definition) is 4. The van der Waals surface area contributed by atoms with Crippen LogP contribution in [-0.4, -0.2) is 85.8 Å². The Morgan fingerprint density at radius 1 is 0.750 bits per heavy atom. The minimum absolute atomic E-state index is 0.0287. The summed E-state index contributed by atoms with van der Waals surface area (Å²) in [5.41, 5.74) is 7.59. The average molecular weight is 813 g/mol. The molecule has 2 aromatic heterocycles. The fourth-order valence-electron chi connectivity index (χ4n) is 11.1. The SMILES string of the molecule is COC(=O)N[C@H](C(=O)N1C[C@H]2CC[C@@]1(c1ncc(-c3ccc(-c4ccc(-c5cnc([C@]67CC[C@@H](CN6C(=O)C(NC(C)=O)C(C)C)C7)[nH]5)c5c4C=CC5)cc3)[nH]1)C2)C(C)C. The number of nitrogens with one attached hydrogen (secondary N) is 4. The number of likely N-dealkylation sites (tertiary alicyclic amines) is 2. The average Bonchev–Trinajstić information content (AvgIpc) is 4.10. The minimum Gasteiger partial charge on any atom is -0.453 e. The van der Waals surface area contributed by atoms with Crippen LogP contribution in [0.1, 0.15) is 95.9 Å². The highest BCUT2D eigenvalue weighted by Gasteiger charge is 2.58. The quantitative estimate of drug-likeness (QED) is 0.128. The number of allylic oxidation sites excluding steroid dienone is 1. The molecular weight excluding hydrogens is 757 g/mol. The van der Waals surface area contributed by atoms with Crippen molar-refractivity contribution in [1.82, 2.24) is 40.4 Å². The van der Waals surface area contributed by atoms with Crippen molar-refractivity contribution in [1.29, 1.82) is 0 Å². The van der Waals surface area contributed by atoms with Crippen LogP contribution in [0.25, 0.3) is 39.7 Å². The molecular formula is C47H56N8O5. The number of benzene rings is 2. The first-order valence-corrected chi connectivity index (χ1v) is 21.6. The van der Waals surface area contributed by atoms with Gasteiger partial charge in [0.2, 0.25) is 17.7 Å². The van der Waals surface area contributed by atoms with Gasteiger partial charge in [-0.3, -0.25) is 14.4 Å². The molecule has 5 aliphatic rings. The van der Waals surface area contributed by atoms with E-state index in [0.29, 0.717) is 24.9 Å². The summed E-state index contributed by atoms with van der Waals surface area (Å²) < 4.78 is 4.84. The van der Waals surface area contributed by atoms with Crippen LogP contribution in [0.5, 0.6) is 0 Å². The molecule has 9 rings (SSSR count). The molecule has 314 valence electrons. The first-order chi connectivity index (χ1) is 28.8. The first kappa shape index (κ1) is 39.7. The van der Waals surface area contributed by atoms with Gasteiger partial charge in [0.1, 0.15) is 34.8 Å². The highest BCUT2D eigenvalue weighted by Crippen LogP contribution is 2.54. The van der Waals surface area contributed by atoms with Crippen molar-refractivity contribution in [3.8, 4) is 33.6 Å². The molecule has 4 bridgehead atoms. The number of piperidine rings is 2. The van der Waals surface area contributed by atoms with Crippen LogP contribution in [0, 0.1) is 23.7 Å². The Hall–Kier alpha value is -5.72. The molecule has 4 fully saturated rings. The summed E-state index contributed by atoms with van der Waals surface area (Å²) in [5, 5.41) is 5.67. The highest BCUT2D eigenvalue weighted by molar-refractivity contribution is 5.89. The lowest BCUT2D eigenvalue weighted by Gasteiger charge is -2.40. The van der Waals surface area contributed by atoms with E-state index in [2.05, 4.69) is 69.2 Å². The van der Waals surface area contributed by atoms with Crippen LogP contribution in [0.15, 0.2) is 54.9 Å². The first-order valence-electron chi connectivity index (χ1n) is 21.6. The number of carbonyl (C=O) groups is 4. The Labute approximate surface area is 351 Å². The van der Waals surface area contributed by atoms with E-state index in [9.17, 15) is 19.2 Å². The number of hydrogen-bond acceptors (Lipinski definition) is 7. The lowest BCUT2D eigenvalue weighted by Crippen LogP contribution is -2.56. The van der Waals surface area contributed by atoms with E-state index >= 15 is 0 Å². The normalized spacial score (nSPS) is 24.7. The van der Waals surface area contributed by atoms with Crippen molar-refractivity contribution in [2.45, 2.75) is 103 Å². The van der Waals surface area contributed by atoms with E-state index in [4.69, 9.17) is 14.7 Å². The van der Waals surface area contributed by atoms with Crippen LogP contribution in [0.2, 0.25) is 0 Å². The van der Waals surface area contributed by atoms with Gasteiger partial charge in [-0.1, -0.05) is 76.2 Å². The fourth-order valence-corrected chi connectivity index (χ4v) is 11.1. The highest BCUT2D eigenvalue weighted by atomic mass is 16.5. The van der Waals surface area contributed by atoms with Crippen LogP contribution in [-0.2, 0) is 36.6 Å². The van der Waals surface area contributed by atoms with Gasteiger partial charge in [0.25, 0.3) is 0 Å². The number of nitrogens with zero attached hydrogens (tertiary/aromatic N) is 4. The Morgan fingerprint density at radius 3 is 1.83 bits per heavy atom. The van der Waals surface area contributed by atoms with Gasteiger partial charge in [-0.05, 0) is 96.4 Å². The van der Waals surface area contributed by atoms with E-state index in [-0.39, 0.29) is 29.6 Å². The monoisotopic (exact) mass is 812 g/mol. The largest absolute Gasteiger partial charge is 0.453 e. The van der Waals surface area contributed by atoms with E-state index in [1.165, 1.54) is 25.2 Å². The van der Waals surface area contributed by atoms with E-state index < -0.39 is 29.3 Å². The predicted molar refractivity (Wildman–Crippen MR) is 228 cm³/mol. The van der Waals surface area contributed by atoms with Gasteiger partial charge in [0.05, 0.1) is 30.9 Å². The predicted octanol–water partition coefficient (Wildman–Crippen LogP) is 6.92. The number of imidazole rings is 2. The topological polar surface area (TPSA) is 165 Å². The van der Waals surface area contributed by atoms with Gasteiger partial charge < -0.3 is 35.1 Å². The third-order valence-electron chi connectivity index (χ3n) is 14.1. The standard InChI is InChI=1S/C47H56N8O5/c1-26(2)39(50-28(5)56)41(57)54-24-30-17-19-47(54,21-30)44-49-23-38(52-44)36-15-14-33(34-8-7-9-35(34)36)31-10-12-32(13-11-31)37-22-48-43(51-37)46-18-16-29(20-46)25-55(46)42(58)40(27(3)4)53-45(59)60-6/h7-8,10-15,22-23,26-27,29-30,39-40H,9,16-21,24-25H2,1-6H3,(H,48,51)(H,49,52)(H,50,56)(H,53,59)/t29-,30+,39?,40-,46-,47+/m0/s1. The van der Waals surface area contributed by atoms with Crippen molar-refractivity contribution in [3.63, 3.8) is 0 Å². The van der Waals surface area contributed by atoms with Gasteiger partial charge in [0, 0.05) is 25.6 Å². The van der Waals surface area contributed by atoms with E-state index in [1.807, 2.05) is 49.9 Å². The summed E-state index contributed by atoms with van der Waals surface area (Å²) in [4.78, 5) is 73.3. The zero-order chi connectivity index (χ0) is 42.1. The summed E-state index contributed by atoms with van der Waals surface area (Å²) in [6.45, 7) is 10.6. The molecule has 60 heavy (non-hydrogen) atoms. The van der Waals surface area contributed by atoms with Crippen molar-refractivity contribution < 1.29 is 23.9 Å². The molecule has 4 heterocycles. The second kappa shape index (κ2) is 15.1. The molecule has 6 atom stereocenters. The zero-order valence-electron chi connectivity index (χ0n) is 35.4. The number of amides is 4. The Morgan fingerprint density at radius 2 is 1.28 bits per heavy atom. The number of rotatable bonds is 11. The number of methoxy groups -OCH3 is 1. The molecule has 13 nitrogen and oxygen atoms in total. The van der Waals surface area contributed by atoms with Crippen LogP contribution < -0.4 is 10.6 Å². The summed E-state index contributed by atoms with van der Waals surface area (Å²) in [5.74, 6) is 1.98. The van der Waals surface area contributed by atoms with Crippen molar-refractivity contribution in [3.05, 3.63) is 77.6 Å². The number of aromatic amines is 2. The van der Waals surface area contributed by atoms with Crippen LogP contribution in [0.4, 0.5) is 4.79 Å². The van der Waals surface area contributed by atoms with E-state index in [1.54, 1.807) is 0 Å². The number of carbonyl (C=O) groups excluding carboxylic acids is 4. The lowest BCUT2D eigenvalue weighted by atomic mass is 9.91. The number of aromatic nitrogens is 4. The maximum Gasteiger partial charge on any atom is 0.407 e. The molecule has 2 saturated heterocycles. The molecule has 2 aromatic carbocycles. The summed E-state index contributed by atoms with van der Waals surface area (Å²) in [6.07, 6.45) is 13.9. The molecule has 4 N–H and O–H groups in total. The molecule has 0 radical (unpaired) electrons. The third-order valence-corrected chi connectivity index (χ3v) is 14.1. The summed E-state index contributed by atoms with van der Waals surface area (Å²) >= 11 is 0.